The molecule has 0 bridgehead atoms. The molecule has 1 saturated heterocycles. The molecule has 0 aliphatic carbocycles. The van der Waals surface area contributed by atoms with E-state index in [4.69, 9.17) is 9.98 Å². The number of aryl methyl sites for hydroxylation is 1. The maximum absolute atomic E-state index is 5.12. The highest BCUT2D eigenvalue weighted by Gasteiger charge is 2.24. The summed E-state index contributed by atoms with van der Waals surface area (Å²) in [5, 5.41) is 0. The van der Waals surface area contributed by atoms with Crippen LogP contribution in [0.15, 0.2) is 96.3 Å². The Morgan fingerprint density at radius 2 is 1.68 bits per heavy atom. The number of aromatic nitrogens is 2. The van der Waals surface area contributed by atoms with Gasteiger partial charge in [-0.15, -0.1) is 0 Å². The Kier molecular flexibility index (Phi) is 7.65. The van der Waals surface area contributed by atoms with Crippen LogP contribution >= 0.6 is 0 Å². The van der Waals surface area contributed by atoms with Crippen molar-refractivity contribution in [2.75, 3.05) is 13.1 Å². The van der Waals surface area contributed by atoms with Crippen molar-refractivity contribution >= 4 is 22.3 Å². The Morgan fingerprint density at radius 3 is 2.40 bits per heavy atom. The molecular weight excluding hydrogens is 490 g/mol. The highest BCUT2D eigenvalue weighted by Crippen LogP contribution is 2.30. The second-order valence-electron chi connectivity index (χ2n) is 11.0. The summed E-state index contributed by atoms with van der Waals surface area (Å²) in [6.07, 6.45) is 9.77. The molecule has 0 saturated carbocycles. The number of allylic oxidation sites excluding steroid dienone is 2. The molecule has 6 rings (SSSR count). The van der Waals surface area contributed by atoms with Crippen molar-refractivity contribution < 1.29 is 0 Å². The van der Waals surface area contributed by atoms with Crippen LogP contribution in [0.4, 0.5) is 0 Å². The van der Waals surface area contributed by atoms with Gasteiger partial charge in [0.2, 0.25) is 0 Å². The number of aromatic amines is 1. The zero-order valence-corrected chi connectivity index (χ0v) is 23.8. The van der Waals surface area contributed by atoms with E-state index in [1.807, 2.05) is 6.92 Å². The molecule has 4 aromatic rings. The van der Waals surface area contributed by atoms with Crippen molar-refractivity contribution in [3.63, 3.8) is 0 Å². The number of hydrogen-bond acceptors (Lipinski definition) is 4. The summed E-state index contributed by atoms with van der Waals surface area (Å²) in [7, 11) is 0. The minimum absolute atomic E-state index is 0.0556. The number of fused-ring (bicyclic) bond motifs is 1. The number of benzene rings is 3. The molecule has 5 nitrogen and oxygen atoms in total. The summed E-state index contributed by atoms with van der Waals surface area (Å²) in [4.78, 5) is 18.4. The first kappa shape index (κ1) is 26.3. The standard InChI is InChI=1S/C35H39N5/c1-4-19-40-24-31(28-9-7-6-8-10-28)34(36-25(40)3)29-14-11-27(12-15-29)23-39-20-17-30(18-21-39)35-37-32-16-13-26(5-2)22-33(32)38-35/h4,6-16,19,22,24-25,30H,5,17-18,20-21,23H2,1-3H3,(H,37,38)/b19-4-. The fraction of sp³-hybridized carbons (Fsp3) is 0.314. The third kappa shape index (κ3) is 5.52. The number of hydrogen-bond donors (Lipinski definition) is 1. The van der Waals surface area contributed by atoms with Crippen molar-refractivity contribution in [2.24, 2.45) is 4.99 Å². The van der Waals surface area contributed by atoms with Gasteiger partial charge in [-0.2, -0.15) is 0 Å². The lowest BCUT2D eigenvalue weighted by molar-refractivity contribution is 0.202. The van der Waals surface area contributed by atoms with Crippen LogP contribution < -0.4 is 0 Å². The summed E-state index contributed by atoms with van der Waals surface area (Å²) >= 11 is 0. The van der Waals surface area contributed by atoms with Gasteiger partial charge in [-0.05, 0) is 75.0 Å². The van der Waals surface area contributed by atoms with Crippen molar-refractivity contribution in [3.05, 3.63) is 119 Å². The van der Waals surface area contributed by atoms with Crippen LogP contribution in [-0.2, 0) is 13.0 Å². The highest BCUT2D eigenvalue weighted by atomic mass is 15.2. The van der Waals surface area contributed by atoms with E-state index < -0.39 is 0 Å². The van der Waals surface area contributed by atoms with Gasteiger partial charge in [0.15, 0.2) is 0 Å². The molecule has 1 unspecified atom stereocenters. The van der Waals surface area contributed by atoms with Gasteiger partial charge in [0.1, 0.15) is 12.0 Å². The molecule has 3 aromatic carbocycles. The van der Waals surface area contributed by atoms with E-state index >= 15 is 0 Å². The molecule has 1 atom stereocenters. The Bertz CT molecular complexity index is 1540. The molecule has 1 fully saturated rings. The Morgan fingerprint density at radius 1 is 0.925 bits per heavy atom. The first-order valence-corrected chi connectivity index (χ1v) is 14.7. The number of rotatable bonds is 7. The largest absolute Gasteiger partial charge is 0.342 e. The van der Waals surface area contributed by atoms with Crippen LogP contribution in [0.25, 0.3) is 16.6 Å². The predicted molar refractivity (Wildman–Crippen MR) is 166 cm³/mol. The number of imidazole rings is 1. The fourth-order valence-corrected chi connectivity index (χ4v) is 5.92. The number of H-pyrrole nitrogens is 1. The SMILES string of the molecule is C/C=C\N1C=C(c2ccccc2)C(c2ccc(CN3CCC(c4nc5ccc(CC)cc5[nH]4)CC3)cc2)=NC1C. The van der Waals surface area contributed by atoms with E-state index in [9.17, 15) is 0 Å². The summed E-state index contributed by atoms with van der Waals surface area (Å²) in [5.41, 5.74) is 9.54. The van der Waals surface area contributed by atoms with Crippen LogP contribution in [-0.4, -0.2) is 44.7 Å². The fourth-order valence-electron chi connectivity index (χ4n) is 5.92. The van der Waals surface area contributed by atoms with Crippen LogP contribution in [0, 0.1) is 0 Å². The molecule has 2 aliphatic rings. The van der Waals surface area contributed by atoms with Crippen LogP contribution in [0.5, 0.6) is 0 Å². The van der Waals surface area contributed by atoms with E-state index in [1.54, 1.807) is 0 Å². The number of nitrogens with one attached hydrogen (secondary N) is 1. The van der Waals surface area contributed by atoms with E-state index in [-0.39, 0.29) is 6.17 Å². The molecule has 2 aliphatic heterocycles. The monoisotopic (exact) mass is 529 g/mol. The van der Waals surface area contributed by atoms with Gasteiger partial charge in [0.05, 0.1) is 16.7 Å². The minimum atomic E-state index is 0.0556. The lowest BCUT2D eigenvalue weighted by Crippen LogP contribution is -2.32. The van der Waals surface area contributed by atoms with Crippen molar-refractivity contribution in [3.8, 4) is 0 Å². The maximum atomic E-state index is 5.12. The minimum Gasteiger partial charge on any atom is -0.342 e. The lowest BCUT2D eigenvalue weighted by Gasteiger charge is -2.31. The third-order valence-electron chi connectivity index (χ3n) is 8.27. The molecule has 204 valence electrons. The molecule has 0 spiro atoms. The van der Waals surface area contributed by atoms with Gasteiger partial charge in [-0.1, -0.05) is 73.7 Å². The quantitative estimate of drug-likeness (QED) is 0.269. The molecule has 0 radical (unpaired) electrons. The molecule has 5 heteroatoms. The lowest BCUT2D eigenvalue weighted by atomic mass is 9.94. The third-order valence-corrected chi connectivity index (χ3v) is 8.27. The van der Waals surface area contributed by atoms with Gasteiger partial charge in [0.25, 0.3) is 0 Å². The summed E-state index contributed by atoms with van der Waals surface area (Å²) in [6, 6.07) is 26.2. The van der Waals surface area contributed by atoms with Gasteiger partial charge in [0, 0.05) is 36.0 Å². The first-order valence-electron chi connectivity index (χ1n) is 14.7. The molecule has 3 heterocycles. The van der Waals surface area contributed by atoms with E-state index in [1.165, 1.54) is 27.8 Å². The highest BCUT2D eigenvalue weighted by molar-refractivity contribution is 6.32. The van der Waals surface area contributed by atoms with Gasteiger partial charge >= 0.3 is 0 Å². The smallest absolute Gasteiger partial charge is 0.122 e. The second-order valence-corrected chi connectivity index (χ2v) is 11.0. The zero-order chi connectivity index (χ0) is 27.5. The van der Waals surface area contributed by atoms with Crippen LogP contribution in [0.1, 0.15) is 67.6 Å². The number of aliphatic imine (C=N–C) groups is 1. The Hall–Kier alpha value is -3.96. The van der Waals surface area contributed by atoms with E-state index in [0.717, 1.165) is 61.5 Å². The number of nitrogens with zero attached hydrogens (tertiary/aromatic N) is 4. The Labute approximate surface area is 238 Å². The molecular formula is C35H39N5. The average molecular weight is 530 g/mol. The molecule has 0 amide bonds. The predicted octanol–water partition coefficient (Wildman–Crippen LogP) is 7.53. The van der Waals surface area contributed by atoms with Crippen molar-refractivity contribution in [1.82, 2.24) is 19.8 Å². The van der Waals surface area contributed by atoms with Gasteiger partial charge < -0.3 is 9.88 Å². The normalized spacial score (nSPS) is 18.9. The summed E-state index contributed by atoms with van der Waals surface area (Å²) in [6.45, 7) is 9.55. The second kappa shape index (κ2) is 11.6. The van der Waals surface area contributed by atoms with Crippen LogP contribution in [0.3, 0.4) is 0 Å². The average Bonchev–Trinajstić information content (AvgIpc) is 3.43. The van der Waals surface area contributed by atoms with Crippen LogP contribution in [0.2, 0.25) is 0 Å². The molecule has 40 heavy (non-hydrogen) atoms. The zero-order valence-electron chi connectivity index (χ0n) is 23.8. The molecule has 1 aromatic heterocycles. The number of likely N-dealkylation sites (tertiary alicyclic amines) is 1. The van der Waals surface area contributed by atoms with Gasteiger partial charge in [-0.3, -0.25) is 9.89 Å². The van der Waals surface area contributed by atoms with Crippen molar-refractivity contribution in [1.29, 1.82) is 0 Å². The van der Waals surface area contributed by atoms with Crippen molar-refractivity contribution in [2.45, 2.75) is 58.7 Å². The Balaban J connectivity index is 1.12. The summed E-state index contributed by atoms with van der Waals surface area (Å²) < 4.78 is 0. The van der Waals surface area contributed by atoms with E-state index in [0.29, 0.717) is 5.92 Å². The van der Waals surface area contributed by atoms with E-state index in [2.05, 4.69) is 120 Å². The topological polar surface area (TPSA) is 47.5 Å². The summed E-state index contributed by atoms with van der Waals surface area (Å²) in [5.74, 6) is 1.66. The van der Waals surface area contributed by atoms with Gasteiger partial charge in [-0.25, -0.2) is 4.98 Å². The maximum Gasteiger partial charge on any atom is 0.122 e. The first-order chi connectivity index (χ1) is 19.6. The molecule has 1 N–H and O–H groups in total. The number of piperidine rings is 1.